The van der Waals surface area contributed by atoms with E-state index in [0.29, 0.717) is 13.2 Å². The van der Waals surface area contributed by atoms with Gasteiger partial charge in [0.2, 0.25) is 6.79 Å². The summed E-state index contributed by atoms with van der Waals surface area (Å²) in [7, 11) is 0. The maximum absolute atomic E-state index is 9.76. The number of ether oxygens (including phenoxy) is 4. The van der Waals surface area contributed by atoms with Gasteiger partial charge in [0.15, 0.2) is 23.0 Å². The summed E-state index contributed by atoms with van der Waals surface area (Å²) < 4.78 is 22.9. The zero-order valence-corrected chi connectivity index (χ0v) is 13.4. The average molecular weight is 342 g/mol. The first-order valence-electron chi connectivity index (χ1n) is 8.35. The summed E-state index contributed by atoms with van der Waals surface area (Å²) in [6.45, 7) is 1.44. The van der Waals surface area contributed by atoms with Crippen molar-refractivity contribution in [2.75, 3.05) is 20.0 Å². The summed E-state index contributed by atoms with van der Waals surface area (Å²) in [6, 6.07) is 10.8. The highest BCUT2D eigenvalue weighted by Crippen LogP contribution is 2.51. The van der Waals surface area contributed by atoms with Crippen molar-refractivity contribution in [2.45, 2.75) is 12.2 Å². The van der Waals surface area contributed by atoms with Gasteiger partial charge in [0.25, 0.3) is 0 Å². The van der Waals surface area contributed by atoms with Crippen LogP contribution in [0.1, 0.15) is 23.3 Å². The molecule has 2 saturated heterocycles. The Balaban J connectivity index is 1.40. The van der Waals surface area contributed by atoms with Crippen LogP contribution in [0.4, 0.5) is 0 Å². The minimum absolute atomic E-state index is 0.0461. The molecule has 0 amide bonds. The highest BCUT2D eigenvalue weighted by atomic mass is 16.7. The zero-order chi connectivity index (χ0) is 17.0. The van der Waals surface area contributed by atoms with E-state index >= 15 is 0 Å². The number of fused-ring (bicyclic) bond motifs is 2. The van der Waals surface area contributed by atoms with Gasteiger partial charge < -0.3 is 29.2 Å². The molecule has 3 aliphatic heterocycles. The van der Waals surface area contributed by atoms with Gasteiger partial charge in [-0.15, -0.1) is 0 Å². The van der Waals surface area contributed by atoms with E-state index < -0.39 is 0 Å². The molecule has 0 bridgehead atoms. The van der Waals surface area contributed by atoms with Gasteiger partial charge in [-0.05, 0) is 35.4 Å². The summed E-state index contributed by atoms with van der Waals surface area (Å²) in [6.07, 6.45) is -0.189. The van der Waals surface area contributed by atoms with E-state index in [2.05, 4.69) is 0 Å². The fourth-order valence-corrected chi connectivity index (χ4v) is 4.04. The minimum atomic E-state index is -0.143. The topological polar surface area (TPSA) is 77.4 Å². The van der Waals surface area contributed by atoms with Crippen molar-refractivity contribution in [1.29, 1.82) is 0 Å². The lowest BCUT2D eigenvalue weighted by Gasteiger charge is -2.17. The maximum Gasteiger partial charge on any atom is 0.231 e. The Morgan fingerprint density at radius 1 is 0.720 bits per heavy atom. The number of aromatic hydroxyl groups is 2. The molecule has 0 saturated carbocycles. The molecule has 5 rings (SSSR count). The van der Waals surface area contributed by atoms with Gasteiger partial charge in [0.05, 0.1) is 25.4 Å². The Bertz CT molecular complexity index is 820. The van der Waals surface area contributed by atoms with Gasteiger partial charge in [-0.3, -0.25) is 0 Å². The molecule has 2 N–H and O–H groups in total. The van der Waals surface area contributed by atoms with Crippen molar-refractivity contribution in [3.05, 3.63) is 47.5 Å². The van der Waals surface area contributed by atoms with E-state index in [1.807, 2.05) is 18.2 Å². The molecule has 0 spiro atoms. The van der Waals surface area contributed by atoms with E-state index in [4.69, 9.17) is 18.9 Å². The molecule has 25 heavy (non-hydrogen) atoms. The van der Waals surface area contributed by atoms with Gasteiger partial charge >= 0.3 is 0 Å². The Morgan fingerprint density at radius 3 is 2.08 bits per heavy atom. The highest BCUT2D eigenvalue weighted by molar-refractivity contribution is 5.46. The third-order valence-corrected chi connectivity index (χ3v) is 5.32. The lowest BCUT2D eigenvalue weighted by Crippen LogP contribution is -2.14. The van der Waals surface area contributed by atoms with Crippen molar-refractivity contribution >= 4 is 0 Å². The van der Waals surface area contributed by atoms with Crippen LogP contribution in [0.3, 0.4) is 0 Å². The summed E-state index contributed by atoms with van der Waals surface area (Å²) in [5.41, 5.74) is 1.92. The fourth-order valence-electron chi connectivity index (χ4n) is 4.04. The Kier molecular flexibility index (Phi) is 3.29. The van der Waals surface area contributed by atoms with E-state index in [9.17, 15) is 10.2 Å². The number of hydrogen-bond donors (Lipinski definition) is 2. The summed E-state index contributed by atoms with van der Waals surface area (Å²) in [5.74, 6) is 1.71. The smallest absolute Gasteiger partial charge is 0.231 e. The second kappa shape index (κ2) is 5.54. The summed E-state index contributed by atoms with van der Waals surface area (Å²) in [5, 5.41) is 19.3. The monoisotopic (exact) mass is 342 g/mol. The van der Waals surface area contributed by atoms with Crippen LogP contribution < -0.4 is 9.47 Å². The van der Waals surface area contributed by atoms with Crippen molar-refractivity contribution in [2.24, 2.45) is 11.8 Å². The first kappa shape index (κ1) is 14.9. The molecular formula is C19H18O6. The van der Waals surface area contributed by atoms with Crippen molar-refractivity contribution in [1.82, 2.24) is 0 Å². The van der Waals surface area contributed by atoms with Crippen LogP contribution in [-0.4, -0.2) is 30.2 Å². The number of phenols is 2. The van der Waals surface area contributed by atoms with Crippen LogP contribution >= 0.6 is 0 Å². The number of rotatable bonds is 2. The average Bonchev–Trinajstić information content (AvgIpc) is 3.31. The predicted octanol–water partition coefficient (Wildman–Crippen LogP) is 2.90. The largest absolute Gasteiger partial charge is 0.504 e. The van der Waals surface area contributed by atoms with Gasteiger partial charge in [-0.25, -0.2) is 0 Å². The molecule has 0 aliphatic carbocycles. The highest BCUT2D eigenvalue weighted by Gasteiger charge is 2.48. The Morgan fingerprint density at radius 2 is 1.36 bits per heavy atom. The Labute approximate surface area is 144 Å². The molecular weight excluding hydrogens is 324 g/mol. The van der Waals surface area contributed by atoms with Gasteiger partial charge in [0.1, 0.15) is 0 Å². The SMILES string of the molecule is Oc1ccc([C@H]2OC[C@H]3[C@@H]2CO[C@H]3c2ccc3c(c2)OCO3)cc1O. The minimum Gasteiger partial charge on any atom is -0.504 e. The molecule has 2 aromatic carbocycles. The van der Waals surface area contributed by atoms with Crippen LogP contribution in [0.15, 0.2) is 36.4 Å². The second-order valence-corrected chi connectivity index (χ2v) is 6.70. The van der Waals surface area contributed by atoms with E-state index in [-0.39, 0.29) is 42.3 Å². The molecule has 4 atom stereocenters. The van der Waals surface area contributed by atoms with Crippen LogP contribution in [0.5, 0.6) is 23.0 Å². The lowest BCUT2D eigenvalue weighted by atomic mass is 9.85. The fraction of sp³-hybridized carbons (Fsp3) is 0.368. The zero-order valence-electron chi connectivity index (χ0n) is 13.4. The van der Waals surface area contributed by atoms with Gasteiger partial charge in [0, 0.05) is 11.8 Å². The predicted molar refractivity (Wildman–Crippen MR) is 86.7 cm³/mol. The van der Waals surface area contributed by atoms with Crippen molar-refractivity contribution in [3.8, 4) is 23.0 Å². The third-order valence-electron chi connectivity index (χ3n) is 5.32. The van der Waals surface area contributed by atoms with Crippen molar-refractivity contribution < 1.29 is 29.2 Å². The first-order chi connectivity index (χ1) is 12.2. The molecule has 3 aliphatic rings. The van der Waals surface area contributed by atoms with Crippen LogP contribution in [0, 0.1) is 11.8 Å². The summed E-state index contributed by atoms with van der Waals surface area (Å²) in [4.78, 5) is 0. The number of phenolic OH excluding ortho intramolecular Hbond substituents is 2. The third kappa shape index (κ3) is 2.33. The molecule has 3 heterocycles. The quantitative estimate of drug-likeness (QED) is 0.817. The molecule has 0 aromatic heterocycles. The first-order valence-corrected chi connectivity index (χ1v) is 8.35. The normalized spacial score (nSPS) is 29.8. The van der Waals surface area contributed by atoms with Gasteiger partial charge in [-0.2, -0.15) is 0 Å². The van der Waals surface area contributed by atoms with E-state index in [1.165, 1.54) is 6.07 Å². The Hall–Kier alpha value is -2.44. The standard InChI is InChI=1S/C19H18O6/c20-14-3-1-10(5-15(14)21)18-12-7-23-19(13(12)8-22-18)11-2-4-16-17(6-11)25-9-24-16/h1-6,12-13,18-21H,7-9H2/t12-,13-,18+,19-/m0/s1. The maximum atomic E-state index is 9.76. The van der Waals surface area contributed by atoms with Crippen molar-refractivity contribution in [3.63, 3.8) is 0 Å². The van der Waals surface area contributed by atoms with Crippen LogP contribution in [0.25, 0.3) is 0 Å². The van der Waals surface area contributed by atoms with E-state index in [1.54, 1.807) is 12.1 Å². The van der Waals surface area contributed by atoms with Crippen LogP contribution in [0.2, 0.25) is 0 Å². The number of hydrogen-bond acceptors (Lipinski definition) is 6. The lowest BCUT2D eigenvalue weighted by molar-refractivity contribution is 0.0191. The van der Waals surface area contributed by atoms with Gasteiger partial charge in [-0.1, -0.05) is 12.1 Å². The molecule has 2 aromatic rings. The molecule has 0 radical (unpaired) electrons. The molecule has 130 valence electrons. The molecule has 2 fully saturated rings. The molecule has 0 unspecified atom stereocenters. The summed E-state index contributed by atoms with van der Waals surface area (Å²) >= 11 is 0. The van der Waals surface area contributed by atoms with E-state index in [0.717, 1.165) is 22.6 Å². The van der Waals surface area contributed by atoms with Crippen LogP contribution in [-0.2, 0) is 9.47 Å². The molecule has 6 nitrogen and oxygen atoms in total. The second-order valence-electron chi connectivity index (χ2n) is 6.70. The number of benzene rings is 2. The molecule has 6 heteroatoms.